The molecule has 1 aromatic rings. The largest absolute Gasteiger partial charge is 0.325 e. The maximum absolute atomic E-state index is 11.4. The van der Waals surface area contributed by atoms with Gasteiger partial charge in [-0.3, -0.25) is 4.79 Å². The van der Waals surface area contributed by atoms with Crippen LogP contribution in [0.1, 0.15) is 0 Å². The van der Waals surface area contributed by atoms with Gasteiger partial charge in [0.05, 0.1) is 6.54 Å². The molecule has 0 saturated heterocycles. The quantitative estimate of drug-likeness (QED) is 0.889. The third-order valence-corrected chi connectivity index (χ3v) is 2.04. The maximum Gasteiger partial charge on any atom is 0.238 e. The summed E-state index contributed by atoms with van der Waals surface area (Å²) in [5, 5.41) is 3.71. The molecule has 1 aromatic carbocycles. The molecule has 0 atom stereocenters. The van der Waals surface area contributed by atoms with Crippen molar-refractivity contribution in [1.82, 2.24) is 4.90 Å². The van der Waals surface area contributed by atoms with Crippen molar-refractivity contribution in [2.24, 2.45) is 0 Å². The van der Waals surface area contributed by atoms with Crippen molar-refractivity contribution in [2.75, 3.05) is 26.0 Å². The number of benzene rings is 1. The van der Waals surface area contributed by atoms with Gasteiger partial charge in [0.1, 0.15) is 0 Å². The lowest BCUT2D eigenvalue weighted by atomic mass is 10.3. The summed E-state index contributed by atoms with van der Waals surface area (Å²) in [7, 11) is 3.65. The molecule has 0 aliphatic carbocycles. The van der Waals surface area contributed by atoms with Gasteiger partial charge < -0.3 is 10.2 Å². The molecule has 1 rings (SSSR count). The maximum atomic E-state index is 11.4. The van der Waals surface area contributed by atoms with E-state index in [0.29, 0.717) is 22.3 Å². The van der Waals surface area contributed by atoms with Crippen LogP contribution >= 0.6 is 23.2 Å². The van der Waals surface area contributed by atoms with Crippen molar-refractivity contribution in [2.45, 2.75) is 0 Å². The van der Waals surface area contributed by atoms with E-state index in [0.717, 1.165) is 0 Å². The van der Waals surface area contributed by atoms with Gasteiger partial charge in [0.15, 0.2) is 0 Å². The van der Waals surface area contributed by atoms with Gasteiger partial charge >= 0.3 is 0 Å². The standard InChI is InChI=1S/C10H12Cl2N2O/c1-14(2)6-10(15)13-9-4-7(11)3-8(12)5-9/h3-5H,6H2,1-2H3,(H,13,15). The van der Waals surface area contributed by atoms with Gasteiger partial charge in [-0.2, -0.15) is 0 Å². The van der Waals surface area contributed by atoms with Crippen molar-refractivity contribution in [3.05, 3.63) is 28.2 Å². The Morgan fingerprint density at radius 2 is 1.80 bits per heavy atom. The van der Waals surface area contributed by atoms with Crippen molar-refractivity contribution in [3.63, 3.8) is 0 Å². The number of carbonyl (C=O) groups excluding carboxylic acids is 1. The van der Waals surface area contributed by atoms with E-state index in [1.165, 1.54) is 0 Å². The van der Waals surface area contributed by atoms with Gasteiger partial charge in [-0.1, -0.05) is 23.2 Å². The van der Waals surface area contributed by atoms with Crippen LogP contribution in [0.3, 0.4) is 0 Å². The Balaban J connectivity index is 2.68. The number of carbonyl (C=O) groups is 1. The molecule has 3 nitrogen and oxygen atoms in total. The molecule has 0 heterocycles. The van der Waals surface area contributed by atoms with Gasteiger partial charge in [0, 0.05) is 15.7 Å². The highest BCUT2D eigenvalue weighted by Gasteiger charge is 2.04. The minimum absolute atomic E-state index is 0.0988. The lowest BCUT2D eigenvalue weighted by Gasteiger charge is -2.10. The second-order valence-corrected chi connectivity index (χ2v) is 4.32. The molecule has 0 spiro atoms. The smallest absolute Gasteiger partial charge is 0.238 e. The Bertz CT molecular complexity index is 346. The highest BCUT2D eigenvalue weighted by atomic mass is 35.5. The number of nitrogens with zero attached hydrogens (tertiary/aromatic N) is 1. The average Bonchev–Trinajstić information content (AvgIpc) is 1.98. The van der Waals surface area contributed by atoms with Crippen LogP contribution < -0.4 is 5.32 Å². The van der Waals surface area contributed by atoms with Crippen LogP contribution in [0.25, 0.3) is 0 Å². The van der Waals surface area contributed by atoms with Crippen LogP contribution in [0, 0.1) is 0 Å². The molecule has 1 amide bonds. The number of likely N-dealkylation sites (N-methyl/N-ethyl adjacent to an activating group) is 1. The van der Waals surface area contributed by atoms with E-state index >= 15 is 0 Å². The topological polar surface area (TPSA) is 32.3 Å². The SMILES string of the molecule is CN(C)CC(=O)Nc1cc(Cl)cc(Cl)c1. The summed E-state index contributed by atoms with van der Waals surface area (Å²) in [6.45, 7) is 0.324. The molecule has 0 bridgehead atoms. The first kappa shape index (κ1) is 12.3. The van der Waals surface area contributed by atoms with Crippen LogP contribution in [-0.2, 0) is 4.79 Å². The van der Waals surface area contributed by atoms with Gasteiger partial charge in [0.2, 0.25) is 5.91 Å². The number of rotatable bonds is 3. The monoisotopic (exact) mass is 246 g/mol. The average molecular weight is 247 g/mol. The first-order valence-electron chi connectivity index (χ1n) is 4.38. The first-order chi connectivity index (χ1) is 6.97. The zero-order chi connectivity index (χ0) is 11.4. The number of hydrogen-bond donors (Lipinski definition) is 1. The van der Waals surface area contributed by atoms with Crippen molar-refractivity contribution >= 4 is 34.8 Å². The van der Waals surface area contributed by atoms with Crippen LogP contribution in [0.4, 0.5) is 5.69 Å². The summed E-state index contributed by atoms with van der Waals surface area (Å²) in [5.41, 5.74) is 0.611. The summed E-state index contributed by atoms with van der Waals surface area (Å²) >= 11 is 11.6. The molecule has 0 radical (unpaired) electrons. The molecular formula is C10H12Cl2N2O. The van der Waals surface area contributed by atoms with Gasteiger partial charge in [-0.05, 0) is 32.3 Å². The molecule has 15 heavy (non-hydrogen) atoms. The molecule has 82 valence electrons. The van der Waals surface area contributed by atoms with Gasteiger partial charge in [0.25, 0.3) is 0 Å². The number of hydrogen-bond acceptors (Lipinski definition) is 2. The zero-order valence-corrected chi connectivity index (χ0v) is 10.1. The number of nitrogens with one attached hydrogen (secondary N) is 1. The zero-order valence-electron chi connectivity index (χ0n) is 8.55. The van der Waals surface area contributed by atoms with Crippen LogP contribution in [0.2, 0.25) is 10.0 Å². The Morgan fingerprint density at radius 3 is 2.27 bits per heavy atom. The van der Waals surface area contributed by atoms with E-state index in [2.05, 4.69) is 5.32 Å². The third-order valence-electron chi connectivity index (χ3n) is 1.61. The third kappa shape index (κ3) is 4.51. The fourth-order valence-corrected chi connectivity index (χ4v) is 1.64. The van der Waals surface area contributed by atoms with E-state index in [4.69, 9.17) is 23.2 Å². The predicted octanol–water partition coefficient (Wildman–Crippen LogP) is 2.49. The van der Waals surface area contributed by atoms with E-state index in [-0.39, 0.29) is 5.91 Å². The van der Waals surface area contributed by atoms with Crippen molar-refractivity contribution in [1.29, 1.82) is 0 Å². The minimum atomic E-state index is -0.0988. The lowest BCUT2D eigenvalue weighted by Crippen LogP contribution is -2.27. The van der Waals surface area contributed by atoms with E-state index in [1.807, 2.05) is 14.1 Å². The molecule has 0 aliphatic rings. The summed E-state index contributed by atoms with van der Waals surface area (Å²) in [5.74, 6) is -0.0988. The first-order valence-corrected chi connectivity index (χ1v) is 5.13. The molecule has 0 aliphatic heterocycles. The second kappa shape index (κ2) is 5.35. The fraction of sp³-hybridized carbons (Fsp3) is 0.300. The fourth-order valence-electron chi connectivity index (χ4n) is 1.11. The molecule has 1 N–H and O–H groups in total. The second-order valence-electron chi connectivity index (χ2n) is 3.44. The molecule has 0 aromatic heterocycles. The Hall–Kier alpha value is -0.770. The summed E-state index contributed by atoms with van der Waals surface area (Å²) in [6.07, 6.45) is 0. The minimum Gasteiger partial charge on any atom is -0.325 e. The van der Waals surface area contributed by atoms with Crippen molar-refractivity contribution < 1.29 is 4.79 Å². The predicted molar refractivity (Wildman–Crippen MR) is 63.6 cm³/mol. The van der Waals surface area contributed by atoms with Gasteiger partial charge in [-0.25, -0.2) is 0 Å². The normalized spacial score (nSPS) is 10.5. The summed E-state index contributed by atoms with van der Waals surface area (Å²) < 4.78 is 0. The molecule has 0 saturated carbocycles. The van der Waals surface area contributed by atoms with E-state index in [9.17, 15) is 4.79 Å². The molecule has 0 fully saturated rings. The van der Waals surface area contributed by atoms with Crippen LogP contribution in [0.5, 0.6) is 0 Å². The number of halogens is 2. The van der Waals surface area contributed by atoms with Crippen LogP contribution in [0.15, 0.2) is 18.2 Å². The van der Waals surface area contributed by atoms with Crippen LogP contribution in [-0.4, -0.2) is 31.4 Å². The lowest BCUT2D eigenvalue weighted by molar-refractivity contribution is -0.116. The molecule has 5 heteroatoms. The number of amides is 1. The number of anilines is 1. The van der Waals surface area contributed by atoms with Gasteiger partial charge in [-0.15, -0.1) is 0 Å². The van der Waals surface area contributed by atoms with E-state index < -0.39 is 0 Å². The summed E-state index contributed by atoms with van der Waals surface area (Å²) in [6, 6.07) is 4.92. The molecular weight excluding hydrogens is 235 g/mol. The highest BCUT2D eigenvalue weighted by molar-refractivity contribution is 6.35. The Labute approximate surface area is 99.0 Å². The summed E-state index contributed by atoms with van der Waals surface area (Å²) in [4.78, 5) is 13.2. The van der Waals surface area contributed by atoms with Crippen molar-refractivity contribution in [3.8, 4) is 0 Å². The molecule has 0 unspecified atom stereocenters. The highest BCUT2D eigenvalue weighted by Crippen LogP contribution is 2.22. The Kier molecular flexibility index (Phi) is 4.39. The Morgan fingerprint density at radius 1 is 1.27 bits per heavy atom. The van der Waals surface area contributed by atoms with E-state index in [1.54, 1.807) is 23.1 Å².